The van der Waals surface area contributed by atoms with Crippen molar-refractivity contribution in [1.29, 1.82) is 0 Å². The van der Waals surface area contributed by atoms with Gasteiger partial charge in [0.1, 0.15) is 11.6 Å². The maximum Gasteiger partial charge on any atom is 0.291 e. The van der Waals surface area contributed by atoms with Gasteiger partial charge in [-0.3, -0.25) is 9.59 Å². The third-order valence-electron chi connectivity index (χ3n) is 6.23. The zero-order valence-electron chi connectivity index (χ0n) is 19.7. The topological polar surface area (TPSA) is 72.2 Å². The summed E-state index contributed by atoms with van der Waals surface area (Å²) in [5.41, 5.74) is 3.59. The fourth-order valence-electron chi connectivity index (χ4n) is 4.43. The highest BCUT2D eigenvalue weighted by molar-refractivity contribution is 6.08. The minimum atomic E-state index is -0.526. The number of nitrogens with zero attached hydrogens (tertiary/aromatic N) is 4. The number of para-hydroxylation sites is 1. The van der Waals surface area contributed by atoms with Crippen LogP contribution in [0.25, 0.3) is 21.8 Å². The first kappa shape index (κ1) is 22.6. The molecule has 33 heavy (non-hydrogen) atoms. The highest BCUT2D eigenvalue weighted by Crippen LogP contribution is 2.29. The molecule has 0 spiro atoms. The van der Waals surface area contributed by atoms with Crippen LogP contribution in [-0.2, 0) is 11.8 Å². The van der Waals surface area contributed by atoms with Crippen LogP contribution in [0.3, 0.4) is 0 Å². The van der Waals surface area contributed by atoms with Crippen molar-refractivity contribution in [3.63, 3.8) is 0 Å². The molecule has 0 fully saturated rings. The molecule has 4 aromatic rings. The maximum atomic E-state index is 13.1. The van der Waals surface area contributed by atoms with Crippen molar-refractivity contribution < 1.29 is 4.79 Å². The minimum absolute atomic E-state index is 0.102. The molecular weight excluding hydrogens is 414 g/mol. The summed E-state index contributed by atoms with van der Waals surface area (Å²) in [6, 6.07) is 15.7. The standard InChI is InChI=1S/C26H31N5O2/c1-5-30(20-11-8-10-18(2)16-20)15-9-14-27-25(32)19(3)31-23-13-7-6-12-21(23)22-17-28-29(4)26(33)24(22)31/h6-8,10-13,16-17,19H,5,9,14-15H2,1-4H3,(H,27,32)/t19-/m0/s1. The lowest BCUT2D eigenvalue weighted by Crippen LogP contribution is -2.34. The number of aryl methyl sites for hydroxylation is 2. The van der Waals surface area contributed by atoms with Gasteiger partial charge in [0, 0.05) is 43.1 Å². The van der Waals surface area contributed by atoms with Crippen LogP contribution in [0.15, 0.2) is 59.5 Å². The predicted molar refractivity (Wildman–Crippen MR) is 134 cm³/mol. The second-order valence-corrected chi connectivity index (χ2v) is 8.46. The van der Waals surface area contributed by atoms with Crippen LogP contribution in [-0.4, -0.2) is 39.9 Å². The lowest BCUT2D eigenvalue weighted by Gasteiger charge is -2.24. The van der Waals surface area contributed by atoms with E-state index in [0.717, 1.165) is 35.8 Å². The van der Waals surface area contributed by atoms with Crippen LogP contribution >= 0.6 is 0 Å². The van der Waals surface area contributed by atoms with E-state index in [9.17, 15) is 9.59 Å². The number of amides is 1. The highest BCUT2D eigenvalue weighted by atomic mass is 16.2. The Balaban J connectivity index is 1.49. The lowest BCUT2D eigenvalue weighted by atomic mass is 10.2. The summed E-state index contributed by atoms with van der Waals surface area (Å²) < 4.78 is 3.15. The summed E-state index contributed by atoms with van der Waals surface area (Å²) in [6.07, 6.45) is 2.53. The largest absolute Gasteiger partial charge is 0.372 e. The van der Waals surface area contributed by atoms with Gasteiger partial charge in [0.25, 0.3) is 5.56 Å². The zero-order chi connectivity index (χ0) is 23.5. The van der Waals surface area contributed by atoms with Crippen LogP contribution in [0.5, 0.6) is 0 Å². The summed E-state index contributed by atoms with van der Waals surface area (Å²) in [7, 11) is 1.63. The van der Waals surface area contributed by atoms with Crippen LogP contribution in [0, 0.1) is 6.92 Å². The fraction of sp³-hybridized carbons (Fsp3) is 0.346. The SMILES string of the molecule is CCN(CCCNC(=O)[C@H](C)n1c2ccccc2c2cnn(C)c(=O)c21)c1cccc(C)c1. The second kappa shape index (κ2) is 9.48. The van der Waals surface area contributed by atoms with Crippen molar-refractivity contribution in [2.24, 2.45) is 7.05 Å². The number of nitrogens with one attached hydrogen (secondary N) is 1. The number of aromatic nitrogens is 3. The van der Waals surface area contributed by atoms with Gasteiger partial charge in [-0.05, 0) is 51.0 Å². The molecule has 1 atom stereocenters. The first-order valence-electron chi connectivity index (χ1n) is 11.5. The molecule has 7 heteroatoms. The normalized spacial score (nSPS) is 12.2. The van der Waals surface area contributed by atoms with Crippen molar-refractivity contribution >= 4 is 33.4 Å². The molecule has 2 aromatic carbocycles. The Morgan fingerprint density at radius 1 is 1.15 bits per heavy atom. The third kappa shape index (κ3) is 4.35. The molecule has 2 aromatic heterocycles. The van der Waals surface area contributed by atoms with Gasteiger partial charge < -0.3 is 14.8 Å². The summed E-state index contributed by atoms with van der Waals surface area (Å²) in [4.78, 5) is 28.3. The molecular formula is C26H31N5O2. The van der Waals surface area contributed by atoms with Crippen molar-refractivity contribution in [3.8, 4) is 0 Å². The van der Waals surface area contributed by atoms with Gasteiger partial charge in [-0.15, -0.1) is 0 Å². The van der Waals surface area contributed by atoms with E-state index in [1.54, 1.807) is 13.2 Å². The Bertz CT molecular complexity index is 1350. The molecule has 0 aliphatic rings. The number of fused-ring (bicyclic) bond motifs is 3. The van der Waals surface area contributed by atoms with Crippen LogP contribution < -0.4 is 15.8 Å². The number of carbonyl (C=O) groups excluding carboxylic acids is 1. The molecule has 0 aliphatic heterocycles. The quantitative estimate of drug-likeness (QED) is 0.419. The number of carbonyl (C=O) groups is 1. The Labute approximate surface area is 193 Å². The van der Waals surface area contributed by atoms with E-state index < -0.39 is 6.04 Å². The Hall–Kier alpha value is -3.61. The first-order chi connectivity index (χ1) is 15.9. The monoisotopic (exact) mass is 445 g/mol. The van der Waals surface area contributed by atoms with Gasteiger partial charge in [0.15, 0.2) is 0 Å². The summed E-state index contributed by atoms with van der Waals surface area (Å²) in [6.45, 7) is 8.41. The highest BCUT2D eigenvalue weighted by Gasteiger charge is 2.23. The molecule has 172 valence electrons. The van der Waals surface area contributed by atoms with Gasteiger partial charge in [0.05, 0.1) is 11.7 Å². The number of anilines is 1. The Morgan fingerprint density at radius 3 is 2.70 bits per heavy atom. The lowest BCUT2D eigenvalue weighted by molar-refractivity contribution is -0.123. The Morgan fingerprint density at radius 2 is 1.94 bits per heavy atom. The minimum Gasteiger partial charge on any atom is -0.372 e. The van der Waals surface area contributed by atoms with Crippen LogP contribution in [0.2, 0.25) is 0 Å². The average molecular weight is 446 g/mol. The first-order valence-corrected chi connectivity index (χ1v) is 11.5. The maximum absolute atomic E-state index is 13.1. The molecule has 1 amide bonds. The van der Waals surface area contributed by atoms with Gasteiger partial charge in [-0.1, -0.05) is 30.3 Å². The molecule has 1 N–H and O–H groups in total. The van der Waals surface area contributed by atoms with Crippen LogP contribution in [0.4, 0.5) is 5.69 Å². The van der Waals surface area contributed by atoms with E-state index in [-0.39, 0.29) is 11.5 Å². The van der Waals surface area contributed by atoms with E-state index in [4.69, 9.17) is 0 Å². The van der Waals surface area contributed by atoms with Gasteiger partial charge in [-0.25, -0.2) is 4.68 Å². The third-order valence-corrected chi connectivity index (χ3v) is 6.23. The molecule has 7 nitrogen and oxygen atoms in total. The smallest absolute Gasteiger partial charge is 0.291 e. The fourth-order valence-corrected chi connectivity index (χ4v) is 4.43. The van der Waals surface area contributed by atoms with Crippen molar-refractivity contribution in [1.82, 2.24) is 19.7 Å². The van der Waals surface area contributed by atoms with E-state index in [0.29, 0.717) is 12.1 Å². The van der Waals surface area contributed by atoms with Crippen molar-refractivity contribution in [2.75, 3.05) is 24.5 Å². The number of rotatable bonds is 8. The van der Waals surface area contributed by atoms with Gasteiger partial charge in [-0.2, -0.15) is 5.10 Å². The van der Waals surface area contributed by atoms with Gasteiger partial charge >= 0.3 is 0 Å². The average Bonchev–Trinajstić information content (AvgIpc) is 3.16. The second-order valence-electron chi connectivity index (χ2n) is 8.46. The summed E-state index contributed by atoms with van der Waals surface area (Å²) >= 11 is 0. The van der Waals surface area contributed by atoms with E-state index in [1.807, 2.05) is 35.8 Å². The molecule has 0 aliphatic carbocycles. The van der Waals surface area contributed by atoms with Gasteiger partial charge in [0.2, 0.25) is 5.91 Å². The van der Waals surface area contributed by atoms with Crippen molar-refractivity contribution in [2.45, 2.75) is 33.2 Å². The Kier molecular flexibility index (Phi) is 6.49. The molecule has 0 radical (unpaired) electrons. The number of hydrogen-bond acceptors (Lipinski definition) is 4. The number of hydrogen-bond donors (Lipinski definition) is 1. The van der Waals surface area contributed by atoms with Crippen LogP contribution in [0.1, 0.15) is 31.9 Å². The van der Waals surface area contributed by atoms with E-state index in [2.05, 4.69) is 53.4 Å². The summed E-state index contributed by atoms with van der Waals surface area (Å²) in [5.74, 6) is -0.102. The molecule has 0 saturated carbocycles. The molecule has 4 rings (SSSR count). The molecule has 0 bridgehead atoms. The predicted octanol–water partition coefficient (Wildman–Crippen LogP) is 3.79. The molecule has 0 unspecified atom stereocenters. The van der Waals surface area contributed by atoms with E-state index >= 15 is 0 Å². The van der Waals surface area contributed by atoms with Crippen molar-refractivity contribution in [3.05, 3.63) is 70.6 Å². The molecule has 0 saturated heterocycles. The molecule has 2 heterocycles. The van der Waals surface area contributed by atoms with E-state index in [1.165, 1.54) is 15.9 Å². The zero-order valence-corrected chi connectivity index (χ0v) is 19.7. The summed E-state index contributed by atoms with van der Waals surface area (Å²) in [5, 5.41) is 8.93. The number of benzene rings is 2.